The van der Waals surface area contributed by atoms with E-state index in [9.17, 15) is 4.79 Å². The number of carbonyl (C=O) groups is 1. The third-order valence-corrected chi connectivity index (χ3v) is 5.42. The number of hydrogen-bond acceptors (Lipinski definition) is 2. The summed E-state index contributed by atoms with van der Waals surface area (Å²) in [7, 11) is 0. The molecule has 2 heterocycles. The van der Waals surface area contributed by atoms with Crippen molar-refractivity contribution in [2.75, 3.05) is 0 Å². The van der Waals surface area contributed by atoms with Gasteiger partial charge in [0.1, 0.15) is 0 Å². The van der Waals surface area contributed by atoms with E-state index in [0.29, 0.717) is 18.1 Å². The fraction of sp³-hybridized carbons (Fsp3) is 0.588. The van der Waals surface area contributed by atoms with Crippen LogP contribution in [0.5, 0.6) is 0 Å². The highest BCUT2D eigenvalue weighted by molar-refractivity contribution is 9.10. The van der Waals surface area contributed by atoms with Crippen molar-refractivity contribution in [2.24, 2.45) is 0 Å². The van der Waals surface area contributed by atoms with Gasteiger partial charge in [0.25, 0.3) is 0 Å². The molecule has 0 radical (unpaired) electrons. The van der Waals surface area contributed by atoms with Crippen LogP contribution in [0.4, 0.5) is 0 Å². The molecule has 2 aliphatic rings. The molecule has 1 aromatic carbocycles. The van der Waals surface area contributed by atoms with Crippen LogP contribution < -0.4 is 10.6 Å². The quantitative estimate of drug-likeness (QED) is 0.833. The van der Waals surface area contributed by atoms with Gasteiger partial charge in [0.2, 0.25) is 5.91 Å². The van der Waals surface area contributed by atoms with Crippen molar-refractivity contribution in [3.63, 3.8) is 0 Å². The molecule has 1 aromatic rings. The van der Waals surface area contributed by atoms with Gasteiger partial charge in [-0.15, -0.1) is 12.4 Å². The topological polar surface area (TPSA) is 41.1 Å². The highest BCUT2D eigenvalue weighted by Gasteiger charge is 2.37. The maximum absolute atomic E-state index is 12.7. The maximum Gasteiger partial charge on any atom is 0.230 e. The Morgan fingerprint density at radius 3 is 2.50 bits per heavy atom. The average molecular weight is 388 g/mol. The Labute approximate surface area is 147 Å². The first-order chi connectivity index (χ1) is 9.95. The lowest BCUT2D eigenvalue weighted by Crippen LogP contribution is -2.51. The number of halogens is 2. The van der Waals surface area contributed by atoms with E-state index in [0.717, 1.165) is 22.9 Å². The standard InChI is InChI=1S/C17H23BrN2O.ClH/c1-17(2,11-4-3-5-12(18)8-11)16(21)20-15-9-13-6-7-14(10-15)19-13;/h3-5,8,13-15,19H,6-7,9-10H2,1-2H3,(H,20,21);1H. The minimum absolute atomic E-state index is 0. The molecule has 22 heavy (non-hydrogen) atoms. The predicted octanol–water partition coefficient (Wildman–Crippen LogP) is 3.55. The average Bonchev–Trinajstić information content (AvgIpc) is 2.78. The van der Waals surface area contributed by atoms with Gasteiger partial charge < -0.3 is 10.6 Å². The Kier molecular flexibility index (Phi) is 5.57. The summed E-state index contributed by atoms with van der Waals surface area (Å²) in [5, 5.41) is 6.90. The van der Waals surface area contributed by atoms with E-state index in [2.05, 4.69) is 26.6 Å². The zero-order valence-corrected chi connectivity index (χ0v) is 15.5. The van der Waals surface area contributed by atoms with Crippen molar-refractivity contribution >= 4 is 34.2 Å². The van der Waals surface area contributed by atoms with E-state index in [1.54, 1.807) is 0 Å². The van der Waals surface area contributed by atoms with Gasteiger partial charge in [-0.05, 0) is 57.2 Å². The molecule has 122 valence electrons. The van der Waals surface area contributed by atoms with E-state index >= 15 is 0 Å². The normalized spacial score (nSPS) is 27.1. The summed E-state index contributed by atoms with van der Waals surface area (Å²) >= 11 is 3.49. The summed E-state index contributed by atoms with van der Waals surface area (Å²) in [6.07, 6.45) is 4.64. The molecule has 5 heteroatoms. The number of piperidine rings is 1. The van der Waals surface area contributed by atoms with Gasteiger partial charge >= 0.3 is 0 Å². The monoisotopic (exact) mass is 386 g/mol. The van der Waals surface area contributed by atoms with Crippen LogP contribution >= 0.6 is 28.3 Å². The van der Waals surface area contributed by atoms with Crippen LogP contribution in [0.15, 0.2) is 28.7 Å². The van der Waals surface area contributed by atoms with E-state index in [1.807, 2.05) is 38.1 Å². The molecule has 1 amide bonds. The summed E-state index contributed by atoms with van der Waals surface area (Å²) in [5.74, 6) is 0.131. The summed E-state index contributed by atoms with van der Waals surface area (Å²) in [4.78, 5) is 12.7. The van der Waals surface area contributed by atoms with E-state index < -0.39 is 5.41 Å². The van der Waals surface area contributed by atoms with Gasteiger partial charge in [0.05, 0.1) is 5.41 Å². The number of hydrogen-bond donors (Lipinski definition) is 2. The lowest BCUT2D eigenvalue weighted by molar-refractivity contribution is -0.126. The Morgan fingerprint density at radius 2 is 1.91 bits per heavy atom. The van der Waals surface area contributed by atoms with Gasteiger partial charge in [-0.25, -0.2) is 0 Å². The molecule has 2 aliphatic heterocycles. The van der Waals surface area contributed by atoms with Crippen LogP contribution in [0.2, 0.25) is 0 Å². The summed E-state index contributed by atoms with van der Waals surface area (Å²) in [5.41, 5.74) is 0.541. The van der Waals surface area contributed by atoms with Crippen LogP contribution in [-0.2, 0) is 10.2 Å². The molecule has 2 N–H and O–H groups in total. The highest BCUT2D eigenvalue weighted by Crippen LogP contribution is 2.29. The largest absolute Gasteiger partial charge is 0.352 e. The lowest BCUT2D eigenvalue weighted by atomic mass is 9.83. The smallest absolute Gasteiger partial charge is 0.230 e. The van der Waals surface area contributed by atoms with Gasteiger partial charge in [0, 0.05) is 22.6 Å². The zero-order valence-electron chi connectivity index (χ0n) is 13.1. The summed E-state index contributed by atoms with van der Waals surface area (Å²) < 4.78 is 1.01. The maximum atomic E-state index is 12.7. The fourth-order valence-electron chi connectivity index (χ4n) is 3.55. The van der Waals surface area contributed by atoms with Crippen LogP contribution in [0, 0.1) is 0 Å². The molecule has 0 aromatic heterocycles. The first kappa shape index (κ1) is 17.8. The Bertz CT molecular complexity index is 537. The van der Waals surface area contributed by atoms with E-state index in [-0.39, 0.29) is 18.3 Å². The van der Waals surface area contributed by atoms with Crippen LogP contribution in [-0.4, -0.2) is 24.0 Å². The first-order valence-electron chi connectivity index (χ1n) is 7.78. The molecule has 2 bridgehead atoms. The molecule has 3 nitrogen and oxygen atoms in total. The molecule has 3 rings (SSSR count). The van der Waals surface area contributed by atoms with Crippen molar-refractivity contribution in [1.82, 2.24) is 10.6 Å². The summed E-state index contributed by atoms with van der Waals surface area (Å²) in [6, 6.07) is 9.55. The Morgan fingerprint density at radius 1 is 1.27 bits per heavy atom. The van der Waals surface area contributed by atoms with Crippen LogP contribution in [0.1, 0.15) is 45.1 Å². The predicted molar refractivity (Wildman–Crippen MR) is 95.5 cm³/mol. The summed E-state index contributed by atoms with van der Waals surface area (Å²) in [6.45, 7) is 4.00. The molecular formula is C17H24BrClN2O. The minimum atomic E-state index is -0.506. The molecule has 2 fully saturated rings. The third-order valence-electron chi connectivity index (χ3n) is 4.92. The molecule has 0 aliphatic carbocycles. The lowest BCUT2D eigenvalue weighted by Gasteiger charge is -2.33. The van der Waals surface area contributed by atoms with Crippen molar-refractivity contribution in [3.05, 3.63) is 34.3 Å². The van der Waals surface area contributed by atoms with Gasteiger partial charge in [-0.2, -0.15) is 0 Å². The molecule has 0 spiro atoms. The SMILES string of the molecule is CC(C)(C(=O)NC1CC2CCC(C1)N2)c1cccc(Br)c1.Cl. The van der Waals surface area contributed by atoms with E-state index in [1.165, 1.54) is 12.8 Å². The van der Waals surface area contributed by atoms with Crippen molar-refractivity contribution in [3.8, 4) is 0 Å². The van der Waals surface area contributed by atoms with E-state index in [4.69, 9.17) is 0 Å². The third kappa shape index (κ3) is 3.66. The molecule has 0 saturated carbocycles. The number of amides is 1. The second kappa shape index (κ2) is 6.90. The van der Waals surface area contributed by atoms with Crippen LogP contribution in [0.25, 0.3) is 0 Å². The number of nitrogens with one attached hydrogen (secondary N) is 2. The molecule has 2 saturated heterocycles. The number of rotatable bonds is 3. The molecular weight excluding hydrogens is 364 g/mol. The Balaban J connectivity index is 0.00000176. The Hall–Kier alpha value is -0.580. The number of carbonyl (C=O) groups excluding carboxylic acids is 1. The minimum Gasteiger partial charge on any atom is -0.352 e. The van der Waals surface area contributed by atoms with Crippen LogP contribution in [0.3, 0.4) is 0 Å². The number of fused-ring (bicyclic) bond motifs is 2. The van der Waals surface area contributed by atoms with Crippen molar-refractivity contribution in [1.29, 1.82) is 0 Å². The molecule has 2 atom stereocenters. The zero-order chi connectivity index (χ0) is 15.0. The fourth-order valence-corrected chi connectivity index (χ4v) is 3.95. The molecule has 2 unspecified atom stereocenters. The van der Waals surface area contributed by atoms with Crippen molar-refractivity contribution < 1.29 is 4.79 Å². The van der Waals surface area contributed by atoms with Gasteiger partial charge in [-0.1, -0.05) is 28.1 Å². The second-order valence-electron chi connectivity index (χ2n) is 6.92. The van der Waals surface area contributed by atoms with Crippen molar-refractivity contribution in [2.45, 2.75) is 63.1 Å². The van der Waals surface area contributed by atoms with Gasteiger partial charge in [-0.3, -0.25) is 4.79 Å². The van der Waals surface area contributed by atoms with Gasteiger partial charge in [0.15, 0.2) is 0 Å². The second-order valence-corrected chi connectivity index (χ2v) is 7.83. The number of benzene rings is 1. The highest BCUT2D eigenvalue weighted by atomic mass is 79.9. The first-order valence-corrected chi connectivity index (χ1v) is 8.57.